The summed E-state index contributed by atoms with van der Waals surface area (Å²) in [6.45, 7) is 1.16. The number of amides is 1. The standard InChI is InChI=1S/C11H16N2O3/c1-15-5-2-6-16-8-3-4-10(12)9(7-8)11(13)14/h3-4,7H,2,5-6,12H2,1H3,(H2,13,14). The molecule has 1 rings (SSSR count). The Kier molecular flexibility index (Phi) is 4.60. The lowest BCUT2D eigenvalue weighted by Gasteiger charge is -2.08. The Bertz CT molecular complexity index is 366. The van der Waals surface area contributed by atoms with Crippen molar-refractivity contribution >= 4 is 11.6 Å². The first-order chi connectivity index (χ1) is 7.65. The quantitative estimate of drug-likeness (QED) is 0.552. The van der Waals surface area contributed by atoms with E-state index in [1.807, 2.05) is 0 Å². The van der Waals surface area contributed by atoms with Crippen molar-refractivity contribution in [3.05, 3.63) is 23.8 Å². The fraction of sp³-hybridized carbons (Fsp3) is 0.364. The molecule has 0 aliphatic carbocycles. The van der Waals surface area contributed by atoms with Gasteiger partial charge in [0.15, 0.2) is 0 Å². The van der Waals surface area contributed by atoms with Crippen molar-refractivity contribution in [2.45, 2.75) is 6.42 Å². The Labute approximate surface area is 94.3 Å². The van der Waals surface area contributed by atoms with Crippen LogP contribution in [0.1, 0.15) is 16.8 Å². The van der Waals surface area contributed by atoms with Gasteiger partial charge in [-0.1, -0.05) is 0 Å². The first-order valence-electron chi connectivity index (χ1n) is 4.96. The third kappa shape index (κ3) is 3.43. The summed E-state index contributed by atoms with van der Waals surface area (Å²) in [5.74, 6) is 0.0268. The molecule has 0 fully saturated rings. The number of ether oxygens (including phenoxy) is 2. The van der Waals surface area contributed by atoms with Gasteiger partial charge in [-0.15, -0.1) is 0 Å². The molecule has 0 aliphatic heterocycles. The summed E-state index contributed by atoms with van der Waals surface area (Å²) in [5.41, 5.74) is 11.4. The summed E-state index contributed by atoms with van der Waals surface area (Å²) in [5, 5.41) is 0. The summed E-state index contributed by atoms with van der Waals surface area (Å²) < 4.78 is 10.3. The molecule has 88 valence electrons. The zero-order chi connectivity index (χ0) is 12.0. The van der Waals surface area contributed by atoms with Gasteiger partial charge in [0.25, 0.3) is 5.91 Å². The minimum Gasteiger partial charge on any atom is -0.493 e. The molecule has 16 heavy (non-hydrogen) atoms. The molecular weight excluding hydrogens is 208 g/mol. The largest absolute Gasteiger partial charge is 0.493 e. The van der Waals surface area contributed by atoms with E-state index in [-0.39, 0.29) is 5.56 Å². The van der Waals surface area contributed by atoms with Crippen LogP contribution in [0.5, 0.6) is 5.75 Å². The monoisotopic (exact) mass is 224 g/mol. The highest BCUT2D eigenvalue weighted by molar-refractivity contribution is 5.98. The van der Waals surface area contributed by atoms with Gasteiger partial charge < -0.3 is 20.9 Å². The Morgan fingerprint density at radius 3 is 2.75 bits per heavy atom. The van der Waals surface area contributed by atoms with Gasteiger partial charge in [-0.3, -0.25) is 4.79 Å². The van der Waals surface area contributed by atoms with Gasteiger partial charge in [0.05, 0.1) is 12.2 Å². The SMILES string of the molecule is COCCCOc1ccc(N)c(C(N)=O)c1. The van der Waals surface area contributed by atoms with Crippen LogP contribution in [-0.4, -0.2) is 26.2 Å². The third-order valence-electron chi connectivity index (χ3n) is 2.05. The lowest BCUT2D eigenvalue weighted by molar-refractivity contribution is 0.100. The number of hydrogen-bond donors (Lipinski definition) is 2. The average molecular weight is 224 g/mol. The first-order valence-corrected chi connectivity index (χ1v) is 4.96. The zero-order valence-corrected chi connectivity index (χ0v) is 9.23. The fourth-order valence-electron chi connectivity index (χ4n) is 1.23. The second-order valence-corrected chi connectivity index (χ2v) is 3.31. The minimum absolute atomic E-state index is 0.282. The number of rotatable bonds is 6. The molecule has 0 spiro atoms. The van der Waals surface area contributed by atoms with Crippen LogP contribution in [0, 0.1) is 0 Å². The molecule has 0 aromatic heterocycles. The number of hydrogen-bond acceptors (Lipinski definition) is 4. The first kappa shape index (κ1) is 12.3. The number of primary amides is 1. The summed E-state index contributed by atoms with van der Waals surface area (Å²) in [6, 6.07) is 4.85. The topological polar surface area (TPSA) is 87.6 Å². The predicted molar refractivity (Wildman–Crippen MR) is 61.4 cm³/mol. The van der Waals surface area contributed by atoms with E-state index < -0.39 is 5.91 Å². The number of carbonyl (C=O) groups excluding carboxylic acids is 1. The van der Waals surface area contributed by atoms with Crippen LogP contribution in [0.4, 0.5) is 5.69 Å². The molecule has 0 unspecified atom stereocenters. The Balaban J connectivity index is 2.61. The normalized spacial score (nSPS) is 10.1. The van der Waals surface area contributed by atoms with E-state index in [0.29, 0.717) is 24.7 Å². The molecule has 5 nitrogen and oxygen atoms in total. The molecule has 0 saturated carbocycles. The van der Waals surface area contributed by atoms with Crippen LogP contribution in [0.3, 0.4) is 0 Å². The molecule has 1 aromatic rings. The van der Waals surface area contributed by atoms with Gasteiger partial charge in [-0.25, -0.2) is 0 Å². The molecule has 0 atom stereocenters. The van der Waals surface area contributed by atoms with Crippen molar-refractivity contribution in [2.24, 2.45) is 5.73 Å². The third-order valence-corrected chi connectivity index (χ3v) is 2.05. The average Bonchev–Trinajstić information content (AvgIpc) is 2.26. The summed E-state index contributed by atoms with van der Waals surface area (Å²) in [7, 11) is 1.63. The number of nitrogens with two attached hydrogens (primary N) is 2. The molecule has 0 heterocycles. The van der Waals surface area contributed by atoms with Crippen molar-refractivity contribution in [1.29, 1.82) is 0 Å². The van der Waals surface area contributed by atoms with Gasteiger partial charge in [-0.2, -0.15) is 0 Å². The van der Waals surface area contributed by atoms with Crippen LogP contribution in [0.25, 0.3) is 0 Å². The minimum atomic E-state index is -0.556. The fourth-order valence-corrected chi connectivity index (χ4v) is 1.23. The van der Waals surface area contributed by atoms with Crippen LogP contribution < -0.4 is 16.2 Å². The van der Waals surface area contributed by atoms with Crippen molar-refractivity contribution < 1.29 is 14.3 Å². The summed E-state index contributed by atoms with van der Waals surface area (Å²) in [6.07, 6.45) is 0.785. The van der Waals surface area contributed by atoms with Crippen molar-refractivity contribution in [1.82, 2.24) is 0 Å². The Morgan fingerprint density at radius 1 is 1.38 bits per heavy atom. The van der Waals surface area contributed by atoms with Crippen LogP contribution in [-0.2, 0) is 4.74 Å². The van der Waals surface area contributed by atoms with E-state index in [4.69, 9.17) is 20.9 Å². The van der Waals surface area contributed by atoms with Crippen LogP contribution in [0.15, 0.2) is 18.2 Å². The molecule has 0 aliphatic rings. The maximum absolute atomic E-state index is 11.0. The maximum Gasteiger partial charge on any atom is 0.250 e. The van der Waals surface area contributed by atoms with E-state index in [1.165, 1.54) is 0 Å². The second kappa shape index (κ2) is 5.97. The second-order valence-electron chi connectivity index (χ2n) is 3.31. The van der Waals surface area contributed by atoms with E-state index >= 15 is 0 Å². The van der Waals surface area contributed by atoms with E-state index in [0.717, 1.165) is 6.42 Å². The number of nitrogen functional groups attached to an aromatic ring is 1. The number of anilines is 1. The molecule has 1 aromatic carbocycles. The number of benzene rings is 1. The summed E-state index contributed by atoms with van der Waals surface area (Å²) >= 11 is 0. The highest BCUT2D eigenvalue weighted by Crippen LogP contribution is 2.19. The van der Waals surface area contributed by atoms with Crippen LogP contribution >= 0.6 is 0 Å². The van der Waals surface area contributed by atoms with Crippen molar-refractivity contribution in [3.63, 3.8) is 0 Å². The molecular formula is C11H16N2O3. The molecule has 1 amide bonds. The van der Waals surface area contributed by atoms with Crippen molar-refractivity contribution in [3.8, 4) is 5.75 Å². The Morgan fingerprint density at radius 2 is 2.12 bits per heavy atom. The van der Waals surface area contributed by atoms with Gasteiger partial charge in [0.2, 0.25) is 0 Å². The van der Waals surface area contributed by atoms with Gasteiger partial charge in [0, 0.05) is 25.8 Å². The molecule has 0 bridgehead atoms. The number of methoxy groups -OCH3 is 1. The molecule has 5 heteroatoms. The van der Waals surface area contributed by atoms with E-state index in [1.54, 1.807) is 25.3 Å². The molecule has 0 radical (unpaired) electrons. The predicted octanol–water partition coefficient (Wildman–Crippen LogP) is 0.783. The highest BCUT2D eigenvalue weighted by Gasteiger charge is 2.07. The lowest BCUT2D eigenvalue weighted by atomic mass is 10.1. The molecule has 4 N–H and O–H groups in total. The lowest BCUT2D eigenvalue weighted by Crippen LogP contribution is -2.13. The number of carbonyl (C=O) groups is 1. The summed E-state index contributed by atoms with van der Waals surface area (Å²) in [4.78, 5) is 11.0. The molecule has 0 saturated heterocycles. The van der Waals surface area contributed by atoms with E-state index in [9.17, 15) is 4.79 Å². The van der Waals surface area contributed by atoms with E-state index in [2.05, 4.69) is 0 Å². The smallest absolute Gasteiger partial charge is 0.250 e. The zero-order valence-electron chi connectivity index (χ0n) is 9.23. The van der Waals surface area contributed by atoms with Gasteiger partial charge >= 0.3 is 0 Å². The highest BCUT2D eigenvalue weighted by atomic mass is 16.5. The van der Waals surface area contributed by atoms with Crippen LogP contribution in [0.2, 0.25) is 0 Å². The maximum atomic E-state index is 11.0. The van der Waals surface area contributed by atoms with Crippen molar-refractivity contribution in [2.75, 3.05) is 26.1 Å². The van der Waals surface area contributed by atoms with Gasteiger partial charge in [-0.05, 0) is 18.2 Å². The Hall–Kier alpha value is -1.75. The van der Waals surface area contributed by atoms with Gasteiger partial charge in [0.1, 0.15) is 5.75 Å².